The normalized spacial score (nSPS) is 12.1. The molecule has 1 atom stereocenters. The predicted octanol–water partition coefficient (Wildman–Crippen LogP) is 4.86. The Morgan fingerprint density at radius 1 is 0.857 bits per heavy atom. The lowest BCUT2D eigenvalue weighted by Crippen LogP contribution is -2.06. The van der Waals surface area contributed by atoms with Gasteiger partial charge < -0.3 is 19.7 Å². The molecule has 2 rings (SSSR count). The van der Waals surface area contributed by atoms with Crippen LogP contribution in [0.2, 0.25) is 0 Å². The van der Waals surface area contributed by atoms with Crippen molar-refractivity contribution in [2.45, 2.75) is 16.2 Å². The summed E-state index contributed by atoms with van der Waals surface area (Å²) in [5.74, 6) is 1.22. The van der Waals surface area contributed by atoms with E-state index in [-0.39, 0.29) is 26.4 Å². The average molecular weight is 713 g/mol. The molecule has 154 valence electrons. The Kier molecular flexibility index (Phi) is 10.7. The lowest BCUT2D eigenvalue weighted by atomic mass is 10.1. The maximum atomic E-state index is 13.2. The molecule has 0 amide bonds. The van der Waals surface area contributed by atoms with Crippen LogP contribution in [0.5, 0.6) is 11.5 Å². The summed E-state index contributed by atoms with van der Waals surface area (Å²) in [5, 5.41) is 18.0. The van der Waals surface area contributed by atoms with Crippen LogP contribution in [-0.2, 0) is 17.2 Å². The highest BCUT2D eigenvalue weighted by molar-refractivity contribution is 14.1. The fourth-order valence-electron chi connectivity index (χ4n) is 2.39. The molecular formula is C18H18Br3IO5S. The van der Waals surface area contributed by atoms with Gasteiger partial charge in [0.05, 0.1) is 37.4 Å². The first-order chi connectivity index (χ1) is 13.4. The Morgan fingerprint density at radius 2 is 1.32 bits per heavy atom. The van der Waals surface area contributed by atoms with Gasteiger partial charge in [-0.15, -0.1) is 0 Å². The van der Waals surface area contributed by atoms with Crippen LogP contribution in [0.4, 0.5) is 0 Å². The third-order valence-electron chi connectivity index (χ3n) is 3.53. The fourth-order valence-corrected chi connectivity index (χ4v) is 6.65. The molecule has 0 aliphatic rings. The topological polar surface area (TPSA) is 76.0 Å². The smallest absolute Gasteiger partial charge is 0.147 e. The van der Waals surface area contributed by atoms with Crippen molar-refractivity contribution in [2.75, 3.05) is 30.9 Å². The fraction of sp³-hybridized carbons (Fsp3) is 0.333. The summed E-state index contributed by atoms with van der Waals surface area (Å²) in [7, 11) is -1.42. The van der Waals surface area contributed by atoms with Crippen molar-refractivity contribution in [2.24, 2.45) is 0 Å². The van der Waals surface area contributed by atoms with E-state index in [9.17, 15) is 4.21 Å². The molecular weight excluding hydrogens is 695 g/mol. The maximum Gasteiger partial charge on any atom is 0.147 e. The molecule has 1 unspecified atom stereocenters. The van der Waals surface area contributed by atoms with Crippen molar-refractivity contribution in [1.82, 2.24) is 0 Å². The second kappa shape index (κ2) is 12.2. The van der Waals surface area contributed by atoms with Gasteiger partial charge >= 0.3 is 0 Å². The van der Waals surface area contributed by atoms with Gasteiger partial charge in [-0.3, -0.25) is 0 Å². The zero-order chi connectivity index (χ0) is 20.7. The molecule has 0 saturated heterocycles. The Morgan fingerprint density at radius 3 is 1.82 bits per heavy atom. The molecule has 0 aromatic heterocycles. The van der Waals surface area contributed by atoms with E-state index in [1.807, 2.05) is 6.07 Å². The molecule has 0 aliphatic heterocycles. The lowest BCUT2D eigenvalue weighted by Gasteiger charge is -2.15. The number of rotatable bonds is 10. The van der Waals surface area contributed by atoms with Crippen LogP contribution in [0.25, 0.3) is 0 Å². The summed E-state index contributed by atoms with van der Waals surface area (Å²) < 4.78 is 27.2. The molecule has 0 saturated carbocycles. The van der Waals surface area contributed by atoms with Crippen molar-refractivity contribution in [3.8, 4) is 11.5 Å². The highest BCUT2D eigenvalue weighted by Crippen LogP contribution is 2.38. The largest absolute Gasteiger partial charge is 0.490 e. The van der Waals surface area contributed by atoms with Gasteiger partial charge in [0.1, 0.15) is 24.7 Å². The van der Waals surface area contributed by atoms with Gasteiger partial charge in [0.2, 0.25) is 0 Å². The second-order valence-corrected chi connectivity index (χ2v) is 10.6. The summed E-state index contributed by atoms with van der Waals surface area (Å²) in [6, 6.07) is 7.15. The average Bonchev–Trinajstić information content (AvgIpc) is 2.66. The van der Waals surface area contributed by atoms with Gasteiger partial charge in [0.25, 0.3) is 0 Å². The van der Waals surface area contributed by atoms with E-state index in [1.165, 1.54) is 0 Å². The highest BCUT2D eigenvalue weighted by atomic mass is 127. The monoisotopic (exact) mass is 710 g/mol. The molecule has 0 heterocycles. The second-order valence-electron chi connectivity index (χ2n) is 5.46. The Labute approximate surface area is 205 Å². The van der Waals surface area contributed by atoms with E-state index in [2.05, 4.69) is 70.4 Å². The lowest BCUT2D eigenvalue weighted by molar-refractivity contribution is 0.199. The van der Waals surface area contributed by atoms with E-state index in [4.69, 9.17) is 19.7 Å². The first-order valence-corrected chi connectivity index (χ1v) is 13.2. The summed E-state index contributed by atoms with van der Waals surface area (Å²) in [6.45, 7) is 0.202. The SMILES string of the molecule is O=S(c1cc(Br)c(OCCO)c(Br)c1)c1cc(Br)c(OCCO)c(CCI)c1. The van der Waals surface area contributed by atoms with Crippen LogP contribution in [0, 0.1) is 0 Å². The van der Waals surface area contributed by atoms with Gasteiger partial charge in [-0.1, -0.05) is 22.6 Å². The molecule has 28 heavy (non-hydrogen) atoms. The number of hydrogen-bond donors (Lipinski definition) is 2. The van der Waals surface area contributed by atoms with Crippen LogP contribution in [0.15, 0.2) is 47.5 Å². The molecule has 0 spiro atoms. The Balaban J connectivity index is 2.40. The van der Waals surface area contributed by atoms with Gasteiger partial charge in [-0.05, 0) is 84.0 Å². The highest BCUT2D eigenvalue weighted by Gasteiger charge is 2.18. The standard InChI is InChI=1S/C18H18Br3IO5S/c19-14-8-12(7-11(1-2-22)17(14)26-5-3-23)28(25)13-9-15(20)18(16(21)10-13)27-6-4-24/h7-10,23-24H,1-6H2. The van der Waals surface area contributed by atoms with Crippen LogP contribution >= 0.6 is 70.4 Å². The van der Waals surface area contributed by atoms with E-state index in [0.29, 0.717) is 34.7 Å². The summed E-state index contributed by atoms with van der Waals surface area (Å²) >= 11 is 12.7. The molecule has 0 bridgehead atoms. The molecule has 5 nitrogen and oxygen atoms in total. The molecule has 0 radical (unpaired) electrons. The molecule has 0 fully saturated rings. The van der Waals surface area contributed by atoms with Crippen molar-refractivity contribution in [3.05, 3.63) is 43.2 Å². The van der Waals surface area contributed by atoms with E-state index in [1.54, 1.807) is 18.2 Å². The molecule has 2 aromatic rings. The van der Waals surface area contributed by atoms with E-state index >= 15 is 0 Å². The van der Waals surface area contributed by atoms with Crippen LogP contribution in [-0.4, -0.2) is 45.3 Å². The first kappa shape index (κ1) is 24.5. The van der Waals surface area contributed by atoms with E-state index in [0.717, 1.165) is 16.4 Å². The third-order valence-corrected chi connectivity index (χ3v) is 7.17. The summed E-state index contributed by atoms with van der Waals surface area (Å²) in [4.78, 5) is 1.25. The molecule has 2 N–H and O–H groups in total. The van der Waals surface area contributed by atoms with Crippen molar-refractivity contribution in [3.63, 3.8) is 0 Å². The van der Waals surface area contributed by atoms with Gasteiger partial charge in [-0.2, -0.15) is 0 Å². The minimum Gasteiger partial charge on any atom is -0.490 e. The minimum atomic E-state index is -1.42. The number of aliphatic hydroxyl groups excluding tert-OH is 2. The van der Waals surface area contributed by atoms with Crippen molar-refractivity contribution < 1.29 is 23.9 Å². The minimum absolute atomic E-state index is 0.0729. The predicted molar refractivity (Wildman–Crippen MR) is 128 cm³/mol. The van der Waals surface area contributed by atoms with Gasteiger partial charge in [0.15, 0.2) is 0 Å². The van der Waals surface area contributed by atoms with Crippen LogP contribution < -0.4 is 9.47 Å². The first-order valence-electron chi connectivity index (χ1n) is 8.19. The molecule has 0 aliphatic carbocycles. The maximum absolute atomic E-state index is 13.2. The number of halogens is 4. The zero-order valence-electron chi connectivity index (χ0n) is 14.6. The quantitative estimate of drug-likeness (QED) is 0.272. The van der Waals surface area contributed by atoms with E-state index < -0.39 is 10.8 Å². The van der Waals surface area contributed by atoms with Crippen molar-refractivity contribution in [1.29, 1.82) is 0 Å². The Bertz CT molecular complexity index is 827. The Hall–Kier alpha value is 0.280. The van der Waals surface area contributed by atoms with Crippen LogP contribution in [0.3, 0.4) is 0 Å². The zero-order valence-corrected chi connectivity index (χ0v) is 22.3. The summed E-state index contributed by atoms with van der Waals surface area (Å²) in [5.41, 5.74) is 0.932. The summed E-state index contributed by atoms with van der Waals surface area (Å²) in [6.07, 6.45) is 0.756. The number of aliphatic hydroxyl groups is 2. The molecule has 2 aromatic carbocycles. The number of alkyl halides is 1. The van der Waals surface area contributed by atoms with Crippen LogP contribution in [0.1, 0.15) is 5.56 Å². The third kappa shape index (κ3) is 6.39. The number of hydrogen-bond acceptors (Lipinski definition) is 5. The number of aryl methyl sites for hydroxylation is 1. The number of benzene rings is 2. The van der Waals surface area contributed by atoms with Gasteiger partial charge in [-0.25, -0.2) is 4.21 Å². The number of ether oxygens (including phenoxy) is 2. The van der Waals surface area contributed by atoms with Crippen molar-refractivity contribution >= 4 is 81.2 Å². The van der Waals surface area contributed by atoms with Gasteiger partial charge in [0, 0.05) is 14.2 Å². The molecule has 10 heteroatoms.